The monoisotopic (exact) mass is 601 g/mol. The molecule has 0 amide bonds. The zero-order valence-corrected chi connectivity index (χ0v) is 26.7. The number of aromatic nitrogens is 2. The van der Waals surface area contributed by atoms with Crippen molar-refractivity contribution in [3.63, 3.8) is 0 Å². The fourth-order valence-corrected chi connectivity index (χ4v) is 5.89. The van der Waals surface area contributed by atoms with Gasteiger partial charge in [-0.15, -0.1) is 0 Å². The van der Waals surface area contributed by atoms with Crippen LogP contribution in [0, 0.1) is 11.8 Å². The van der Waals surface area contributed by atoms with Crippen LogP contribution in [0.25, 0.3) is 5.52 Å². The zero-order chi connectivity index (χ0) is 31.9. The van der Waals surface area contributed by atoms with E-state index >= 15 is 0 Å². The molecular weight excluding hydrogens is 558 g/mol. The number of pyridine rings is 1. The van der Waals surface area contributed by atoms with Crippen LogP contribution in [0.2, 0.25) is 0 Å². The minimum atomic E-state index is -0.840. The number of ketones is 1. The van der Waals surface area contributed by atoms with E-state index in [0.717, 1.165) is 29.7 Å². The normalized spacial score (nSPS) is 11.5. The summed E-state index contributed by atoms with van der Waals surface area (Å²) in [5.74, 6) is 0.859. The molecule has 0 aliphatic carbocycles. The number of carbonyl (C=O) groups is 2. The highest BCUT2D eigenvalue weighted by atomic mass is 16.4. The third-order valence-corrected chi connectivity index (χ3v) is 7.98. The van der Waals surface area contributed by atoms with Crippen LogP contribution in [0.3, 0.4) is 0 Å². The van der Waals surface area contributed by atoms with Gasteiger partial charge in [0.1, 0.15) is 11.5 Å². The van der Waals surface area contributed by atoms with Crippen molar-refractivity contribution >= 4 is 23.0 Å². The van der Waals surface area contributed by atoms with Gasteiger partial charge in [-0.2, -0.15) is 0 Å². The SMILES string of the molecule is CC(C)Cc1ccc(C(Nc2cccc(C(=O)c3nc(CCCC(=O)O)n4ccccc34)c2)c2ccc(CC(C)C)cc2)cc1. The summed E-state index contributed by atoms with van der Waals surface area (Å²) in [6.07, 6.45) is 4.93. The number of fused-ring (bicyclic) bond motifs is 1. The van der Waals surface area contributed by atoms with Crippen LogP contribution >= 0.6 is 0 Å². The average molecular weight is 602 g/mol. The van der Waals surface area contributed by atoms with Gasteiger partial charge >= 0.3 is 5.97 Å². The van der Waals surface area contributed by atoms with Crippen molar-refractivity contribution in [1.82, 2.24) is 9.38 Å². The summed E-state index contributed by atoms with van der Waals surface area (Å²) in [5, 5.41) is 12.8. The van der Waals surface area contributed by atoms with Gasteiger partial charge in [0.15, 0.2) is 0 Å². The van der Waals surface area contributed by atoms with Gasteiger partial charge in [0.05, 0.1) is 11.6 Å². The number of carbonyl (C=O) groups excluding carboxylic acids is 1. The molecule has 0 saturated carbocycles. The van der Waals surface area contributed by atoms with Gasteiger partial charge in [0.2, 0.25) is 5.78 Å². The fourth-order valence-electron chi connectivity index (χ4n) is 5.89. The van der Waals surface area contributed by atoms with E-state index in [4.69, 9.17) is 10.1 Å². The van der Waals surface area contributed by atoms with E-state index in [1.165, 1.54) is 11.1 Å². The summed E-state index contributed by atoms with van der Waals surface area (Å²) in [6, 6.07) is 30.8. The summed E-state index contributed by atoms with van der Waals surface area (Å²) in [6.45, 7) is 8.94. The molecule has 45 heavy (non-hydrogen) atoms. The number of aliphatic carboxylic acids is 1. The quantitative estimate of drug-likeness (QED) is 0.125. The Morgan fingerprint density at radius 2 is 1.42 bits per heavy atom. The van der Waals surface area contributed by atoms with Gasteiger partial charge < -0.3 is 14.8 Å². The Labute approximate surface area is 266 Å². The van der Waals surface area contributed by atoms with Crippen LogP contribution in [0.4, 0.5) is 5.69 Å². The molecule has 2 heterocycles. The number of anilines is 1. The molecule has 2 aromatic heterocycles. The van der Waals surface area contributed by atoms with Gasteiger partial charge in [-0.1, -0.05) is 94.4 Å². The molecule has 0 fully saturated rings. The molecule has 5 aromatic rings. The molecule has 0 aliphatic rings. The van der Waals surface area contributed by atoms with Gasteiger partial charge in [-0.3, -0.25) is 9.59 Å². The highest BCUT2D eigenvalue weighted by Gasteiger charge is 2.21. The first-order valence-corrected chi connectivity index (χ1v) is 15.9. The lowest BCUT2D eigenvalue weighted by Gasteiger charge is -2.22. The topological polar surface area (TPSA) is 83.7 Å². The second kappa shape index (κ2) is 14.4. The number of aryl methyl sites for hydroxylation is 1. The predicted octanol–water partition coefficient (Wildman–Crippen LogP) is 8.57. The van der Waals surface area contributed by atoms with Crippen molar-refractivity contribution in [3.05, 3.63) is 137 Å². The van der Waals surface area contributed by atoms with E-state index < -0.39 is 5.97 Å². The number of imidazole rings is 1. The molecule has 0 unspecified atom stereocenters. The smallest absolute Gasteiger partial charge is 0.303 e. The van der Waals surface area contributed by atoms with E-state index in [1.54, 1.807) is 0 Å². The van der Waals surface area contributed by atoms with Crippen LogP contribution in [-0.2, 0) is 24.1 Å². The van der Waals surface area contributed by atoms with E-state index in [9.17, 15) is 9.59 Å². The molecule has 0 bridgehead atoms. The molecule has 0 atom stereocenters. The number of nitrogens with zero attached hydrogens (tertiary/aromatic N) is 2. The number of carboxylic acids is 1. The minimum Gasteiger partial charge on any atom is -0.481 e. The lowest BCUT2D eigenvalue weighted by Crippen LogP contribution is -2.13. The Balaban J connectivity index is 1.44. The maximum absolute atomic E-state index is 13.9. The van der Waals surface area contributed by atoms with Crippen molar-refractivity contribution in [1.29, 1.82) is 0 Å². The first-order chi connectivity index (χ1) is 21.7. The fraction of sp³-hybridized carbons (Fsp3) is 0.308. The van der Waals surface area contributed by atoms with Gasteiger partial charge in [-0.05, 0) is 77.6 Å². The minimum absolute atomic E-state index is 0.0564. The molecule has 3 aromatic carbocycles. The van der Waals surface area contributed by atoms with Crippen LogP contribution in [-0.4, -0.2) is 26.2 Å². The Morgan fingerprint density at radius 1 is 0.800 bits per heavy atom. The number of benzene rings is 3. The van der Waals surface area contributed by atoms with E-state index in [-0.39, 0.29) is 18.2 Å². The Bertz CT molecular complexity index is 1700. The van der Waals surface area contributed by atoms with E-state index in [0.29, 0.717) is 47.3 Å². The maximum Gasteiger partial charge on any atom is 0.303 e. The lowest BCUT2D eigenvalue weighted by atomic mass is 9.93. The molecule has 5 rings (SSSR count). The number of hydrogen-bond acceptors (Lipinski definition) is 4. The second-order valence-corrected chi connectivity index (χ2v) is 12.7. The van der Waals surface area contributed by atoms with Crippen molar-refractivity contribution < 1.29 is 14.7 Å². The molecule has 6 nitrogen and oxygen atoms in total. The van der Waals surface area contributed by atoms with Crippen molar-refractivity contribution in [2.45, 2.75) is 65.8 Å². The third-order valence-electron chi connectivity index (χ3n) is 7.98. The molecule has 232 valence electrons. The summed E-state index contributed by atoms with van der Waals surface area (Å²) in [4.78, 5) is 29.7. The largest absolute Gasteiger partial charge is 0.481 e. The molecule has 0 saturated heterocycles. The summed E-state index contributed by atoms with van der Waals surface area (Å²) >= 11 is 0. The molecule has 0 radical (unpaired) electrons. The summed E-state index contributed by atoms with van der Waals surface area (Å²) in [7, 11) is 0. The Morgan fingerprint density at radius 3 is 2.00 bits per heavy atom. The van der Waals surface area contributed by atoms with Crippen molar-refractivity contribution in [2.75, 3.05) is 5.32 Å². The van der Waals surface area contributed by atoms with Crippen molar-refractivity contribution in [3.8, 4) is 0 Å². The summed E-state index contributed by atoms with van der Waals surface area (Å²) < 4.78 is 1.89. The van der Waals surface area contributed by atoms with E-state index in [2.05, 4.69) is 81.5 Å². The third kappa shape index (κ3) is 8.07. The van der Waals surface area contributed by atoms with E-state index in [1.807, 2.05) is 53.1 Å². The van der Waals surface area contributed by atoms with Crippen LogP contribution in [0.15, 0.2) is 97.2 Å². The first-order valence-electron chi connectivity index (χ1n) is 15.9. The second-order valence-electron chi connectivity index (χ2n) is 12.7. The zero-order valence-electron chi connectivity index (χ0n) is 26.7. The van der Waals surface area contributed by atoms with Gasteiger partial charge in [0.25, 0.3) is 0 Å². The highest BCUT2D eigenvalue weighted by molar-refractivity contribution is 6.12. The Kier molecular flexibility index (Phi) is 10.1. The molecule has 0 spiro atoms. The van der Waals surface area contributed by atoms with Crippen LogP contribution < -0.4 is 5.32 Å². The number of nitrogens with one attached hydrogen (secondary N) is 1. The standard InChI is InChI=1S/C39H43N3O3/c1-26(2)23-28-14-18-30(19-15-28)37(31-20-16-29(17-21-31)24-27(3)4)40-33-10-7-9-32(25-33)39(45)38-34-11-5-6-22-42(34)35(41-38)12-8-13-36(43)44/h5-7,9-11,14-22,25-27,37,40H,8,12-13,23-24H2,1-4H3,(H,43,44). The molecule has 0 aliphatic heterocycles. The van der Waals surface area contributed by atoms with Crippen LogP contribution in [0.5, 0.6) is 0 Å². The first kappa shape index (κ1) is 31.7. The average Bonchev–Trinajstić information content (AvgIpc) is 3.38. The molecule has 2 N–H and O–H groups in total. The van der Waals surface area contributed by atoms with Gasteiger partial charge in [-0.25, -0.2) is 4.98 Å². The predicted molar refractivity (Wildman–Crippen MR) is 181 cm³/mol. The number of carboxylic acid groups (broad SMARTS) is 1. The molecule has 6 heteroatoms. The number of hydrogen-bond donors (Lipinski definition) is 2. The lowest BCUT2D eigenvalue weighted by molar-refractivity contribution is -0.137. The van der Waals surface area contributed by atoms with Crippen LogP contribution in [0.1, 0.15) is 90.7 Å². The van der Waals surface area contributed by atoms with Crippen molar-refractivity contribution in [2.24, 2.45) is 11.8 Å². The van der Waals surface area contributed by atoms with Gasteiger partial charge in [0, 0.05) is 30.3 Å². The highest BCUT2D eigenvalue weighted by Crippen LogP contribution is 2.29. The maximum atomic E-state index is 13.9. The Hall–Kier alpha value is -4.71. The molecular formula is C39H43N3O3. The summed E-state index contributed by atoms with van der Waals surface area (Å²) in [5.41, 5.74) is 7.42. The number of rotatable bonds is 14.